The molecule has 2 aromatic carbocycles. The van der Waals surface area contributed by atoms with E-state index in [0.717, 1.165) is 58.5 Å². The van der Waals surface area contributed by atoms with Gasteiger partial charge in [-0.2, -0.15) is 10.2 Å². The number of primary amides is 1. The maximum absolute atomic E-state index is 13.8. The molecule has 0 spiro atoms. The van der Waals surface area contributed by atoms with Crippen LogP contribution in [0.2, 0.25) is 0 Å². The zero-order chi connectivity index (χ0) is 29.8. The molecule has 1 saturated heterocycles. The molecule has 1 unspecified atom stereocenters. The SMILES string of the molecule is CC(C)Cc1nc2c(cnn2C2CCNC(C)(C)C2)c(-c2ccc3c(cnn3Cc3ccc(F)c(F)c3)c2)c1C(N)=O. The van der Waals surface area contributed by atoms with E-state index in [1.165, 1.54) is 6.07 Å². The number of piperidine rings is 1. The van der Waals surface area contributed by atoms with Gasteiger partial charge in [0, 0.05) is 21.9 Å². The normalized spacial score (nSPS) is 17.0. The van der Waals surface area contributed by atoms with Crippen LogP contribution in [0.1, 0.15) is 68.2 Å². The summed E-state index contributed by atoms with van der Waals surface area (Å²) in [6.07, 6.45) is 5.96. The predicted molar refractivity (Wildman–Crippen MR) is 159 cm³/mol. The molecule has 1 atom stereocenters. The number of nitrogens with one attached hydrogen (secondary N) is 1. The van der Waals surface area contributed by atoms with Crippen LogP contribution in [0.5, 0.6) is 0 Å². The van der Waals surface area contributed by atoms with Gasteiger partial charge in [-0.3, -0.25) is 9.48 Å². The van der Waals surface area contributed by atoms with E-state index in [1.807, 2.05) is 22.9 Å². The van der Waals surface area contributed by atoms with Crippen LogP contribution in [0.25, 0.3) is 33.1 Å². The van der Waals surface area contributed by atoms with Crippen molar-refractivity contribution in [2.45, 2.75) is 65.1 Å². The Hall–Kier alpha value is -4.18. The van der Waals surface area contributed by atoms with Crippen molar-refractivity contribution < 1.29 is 13.6 Å². The van der Waals surface area contributed by atoms with Gasteiger partial charge in [0.25, 0.3) is 5.91 Å². The van der Waals surface area contributed by atoms with Gasteiger partial charge in [-0.05, 0) is 81.0 Å². The fourth-order valence-corrected chi connectivity index (χ4v) is 6.20. The molecule has 8 nitrogen and oxygen atoms in total. The average Bonchev–Trinajstić information content (AvgIpc) is 3.52. The topological polar surface area (TPSA) is 104 Å². The lowest BCUT2D eigenvalue weighted by molar-refractivity contribution is 0.0999. The Bertz CT molecular complexity index is 1820. The summed E-state index contributed by atoms with van der Waals surface area (Å²) in [5, 5.41) is 14.5. The minimum atomic E-state index is -0.891. The lowest BCUT2D eigenvalue weighted by Gasteiger charge is -2.36. The molecule has 5 aromatic rings. The monoisotopic (exact) mass is 571 g/mol. The standard InChI is InChI=1S/C32H35F2N7O/c1-18(2)11-26-29(30(35)42)28(23-16-38-41(31(23)39-26)22-9-10-36-32(3,4)14-22)20-6-8-27-21(13-20)15-37-40(27)17-19-5-7-24(33)25(34)12-19/h5-8,12-13,15-16,18,22,36H,9-11,14,17H2,1-4H3,(H2,35,42). The summed E-state index contributed by atoms with van der Waals surface area (Å²) in [6.45, 7) is 9.74. The van der Waals surface area contributed by atoms with Crippen LogP contribution in [-0.4, -0.2) is 42.5 Å². The number of hydrogen-bond acceptors (Lipinski definition) is 5. The Morgan fingerprint density at radius 3 is 2.64 bits per heavy atom. The average molecular weight is 572 g/mol. The van der Waals surface area contributed by atoms with E-state index < -0.39 is 17.5 Å². The lowest BCUT2D eigenvalue weighted by Crippen LogP contribution is -2.46. The molecule has 1 amide bonds. The second-order valence-corrected chi connectivity index (χ2v) is 12.4. The number of nitrogens with zero attached hydrogens (tertiary/aromatic N) is 5. The first-order valence-electron chi connectivity index (χ1n) is 14.4. The van der Waals surface area contributed by atoms with Gasteiger partial charge in [-0.15, -0.1) is 0 Å². The number of fused-ring (bicyclic) bond motifs is 2. The van der Waals surface area contributed by atoms with Gasteiger partial charge in [0.15, 0.2) is 17.3 Å². The Kier molecular flexibility index (Phi) is 7.04. The van der Waals surface area contributed by atoms with Crippen LogP contribution < -0.4 is 11.1 Å². The zero-order valence-corrected chi connectivity index (χ0v) is 24.3. The maximum atomic E-state index is 13.8. The van der Waals surface area contributed by atoms with Gasteiger partial charge < -0.3 is 11.1 Å². The van der Waals surface area contributed by atoms with Crippen LogP contribution in [0.4, 0.5) is 8.78 Å². The molecule has 6 rings (SSSR count). The fourth-order valence-electron chi connectivity index (χ4n) is 6.20. The number of halogens is 2. The predicted octanol–water partition coefficient (Wildman–Crippen LogP) is 5.78. The van der Waals surface area contributed by atoms with Crippen molar-refractivity contribution >= 4 is 27.8 Å². The first kappa shape index (κ1) is 28.0. The van der Waals surface area contributed by atoms with Gasteiger partial charge in [-0.25, -0.2) is 18.4 Å². The van der Waals surface area contributed by atoms with Crippen molar-refractivity contribution in [1.82, 2.24) is 29.9 Å². The highest BCUT2D eigenvalue weighted by Gasteiger charge is 2.31. The van der Waals surface area contributed by atoms with Gasteiger partial charge in [0.2, 0.25) is 0 Å². The summed E-state index contributed by atoms with van der Waals surface area (Å²) < 4.78 is 31.0. The van der Waals surface area contributed by atoms with Crippen molar-refractivity contribution in [2.75, 3.05) is 6.54 Å². The highest BCUT2D eigenvalue weighted by molar-refractivity contribution is 6.09. The van der Waals surface area contributed by atoms with Gasteiger partial charge in [0.1, 0.15) is 0 Å². The minimum Gasteiger partial charge on any atom is -0.366 e. The summed E-state index contributed by atoms with van der Waals surface area (Å²) in [5.74, 6) is -2.04. The molecule has 0 aliphatic carbocycles. The summed E-state index contributed by atoms with van der Waals surface area (Å²) in [4.78, 5) is 18.1. The molecule has 218 valence electrons. The number of amides is 1. The van der Waals surface area contributed by atoms with Crippen LogP contribution in [0.3, 0.4) is 0 Å². The molecule has 3 aromatic heterocycles. The summed E-state index contributed by atoms with van der Waals surface area (Å²) >= 11 is 0. The maximum Gasteiger partial charge on any atom is 0.251 e. The zero-order valence-electron chi connectivity index (χ0n) is 24.3. The number of carbonyl (C=O) groups is 1. The Morgan fingerprint density at radius 2 is 1.93 bits per heavy atom. The van der Waals surface area contributed by atoms with Crippen molar-refractivity contribution in [3.8, 4) is 11.1 Å². The first-order chi connectivity index (χ1) is 20.0. The highest BCUT2D eigenvalue weighted by atomic mass is 19.2. The molecular formula is C32H35F2N7O. The fraction of sp³-hybridized carbons (Fsp3) is 0.375. The second kappa shape index (κ2) is 10.6. The van der Waals surface area contributed by atoms with E-state index >= 15 is 0 Å². The van der Waals surface area contributed by atoms with E-state index in [2.05, 4.69) is 38.1 Å². The molecule has 1 aliphatic rings. The van der Waals surface area contributed by atoms with Gasteiger partial charge in [-0.1, -0.05) is 26.0 Å². The number of carbonyl (C=O) groups excluding carboxylic acids is 1. The first-order valence-corrected chi connectivity index (χ1v) is 14.4. The summed E-state index contributed by atoms with van der Waals surface area (Å²) in [6, 6.07) is 9.87. The van der Waals surface area contributed by atoms with Crippen LogP contribution in [-0.2, 0) is 13.0 Å². The number of hydrogen-bond donors (Lipinski definition) is 2. The number of pyridine rings is 1. The third-order valence-corrected chi connectivity index (χ3v) is 8.09. The van der Waals surface area contributed by atoms with Crippen molar-refractivity contribution in [1.29, 1.82) is 0 Å². The molecule has 0 saturated carbocycles. The van der Waals surface area contributed by atoms with E-state index in [1.54, 1.807) is 23.1 Å². The summed E-state index contributed by atoms with van der Waals surface area (Å²) in [7, 11) is 0. The van der Waals surface area contributed by atoms with E-state index in [9.17, 15) is 13.6 Å². The molecular weight excluding hydrogens is 536 g/mol. The van der Waals surface area contributed by atoms with Crippen LogP contribution in [0, 0.1) is 17.6 Å². The third-order valence-electron chi connectivity index (χ3n) is 8.09. The number of nitrogens with two attached hydrogens (primary N) is 1. The third kappa shape index (κ3) is 5.15. The molecule has 1 aliphatic heterocycles. The van der Waals surface area contributed by atoms with Gasteiger partial charge in [0.05, 0.1) is 41.8 Å². The summed E-state index contributed by atoms with van der Waals surface area (Å²) in [5.41, 5.74) is 10.8. The van der Waals surface area contributed by atoms with Crippen molar-refractivity contribution in [2.24, 2.45) is 11.7 Å². The molecule has 0 bridgehead atoms. The molecule has 4 heterocycles. The van der Waals surface area contributed by atoms with Crippen molar-refractivity contribution in [3.05, 3.63) is 77.2 Å². The lowest BCUT2D eigenvalue weighted by atomic mass is 9.89. The Balaban J connectivity index is 1.49. The van der Waals surface area contributed by atoms with Crippen LogP contribution >= 0.6 is 0 Å². The molecule has 10 heteroatoms. The minimum absolute atomic E-state index is 0.0250. The molecule has 0 radical (unpaired) electrons. The molecule has 1 fully saturated rings. The Morgan fingerprint density at radius 1 is 1.12 bits per heavy atom. The second-order valence-electron chi connectivity index (χ2n) is 12.4. The van der Waals surface area contributed by atoms with E-state index in [-0.39, 0.29) is 24.0 Å². The van der Waals surface area contributed by atoms with Crippen molar-refractivity contribution in [3.63, 3.8) is 0 Å². The quantitative estimate of drug-likeness (QED) is 0.258. The van der Waals surface area contributed by atoms with E-state index in [0.29, 0.717) is 23.2 Å². The van der Waals surface area contributed by atoms with E-state index in [4.69, 9.17) is 15.8 Å². The number of aromatic nitrogens is 5. The van der Waals surface area contributed by atoms with Crippen LogP contribution in [0.15, 0.2) is 48.8 Å². The largest absolute Gasteiger partial charge is 0.366 e. The molecule has 3 N–H and O–H groups in total. The number of rotatable bonds is 7. The number of benzene rings is 2. The van der Waals surface area contributed by atoms with Gasteiger partial charge >= 0.3 is 0 Å². The Labute approximate surface area is 242 Å². The highest BCUT2D eigenvalue weighted by Crippen LogP contribution is 2.38. The smallest absolute Gasteiger partial charge is 0.251 e. The molecule has 42 heavy (non-hydrogen) atoms.